The molecule has 0 bridgehead atoms. The van der Waals surface area contributed by atoms with Gasteiger partial charge in [0.2, 0.25) is 5.95 Å². The number of aryl methyl sites for hydroxylation is 2. The summed E-state index contributed by atoms with van der Waals surface area (Å²) >= 11 is 0. The summed E-state index contributed by atoms with van der Waals surface area (Å²) in [6, 6.07) is 12.0. The van der Waals surface area contributed by atoms with E-state index in [-0.39, 0.29) is 5.91 Å². The lowest BCUT2D eigenvalue weighted by molar-refractivity contribution is 0.0398. The molecule has 1 aliphatic heterocycles. The molecule has 2 heterocycles. The van der Waals surface area contributed by atoms with Gasteiger partial charge in [-0.3, -0.25) is 9.69 Å². The normalized spacial score (nSPS) is 14.6. The fourth-order valence-corrected chi connectivity index (χ4v) is 3.14. The van der Waals surface area contributed by atoms with Gasteiger partial charge in [-0.1, -0.05) is 30.3 Å². The zero-order chi connectivity index (χ0) is 19.6. The molecule has 28 heavy (non-hydrogen) atoms. The number of carbonyl (C=O) groups excluding carboxylic acids is 1. The van der Waals surface area contributed by atoms with Crippen LogP contribution in [0.3, 0.4) is 0 Å². The highest BCUT2D eigenvalue weighted by atomic mass is 16.5. The summed E-state index contributed by atoms with van der Waals surface area (Å²) in [7, 11) is 0. The number of aromatic nitrogens is 2. The number of benzene rings is 1. The smallest absolute Gasteiger partial charge is 0.270 e. The van der Waals surface area contributed by atoms with E-state index in [0.29, 0.717) is 18.2 Å². The van der Waals surface area contributed by atoms with Gasteiger partial charge >= 0.3 is 0 Å². The molecule has 3 rings (SSSR count). The van der Waals surface area contributed by atoms with Gasteiger partial charge in [0.25, 0.3) is 5.91 Å². The highest BCUT2D eigenvalue weighted by Crippen LogP contribution is 2.06. The Kier molecular flexibility index (Phi) is 7.75. The number of hydrogen-bond donors (Lipinski definition) is 2. The van der Waals surface area contributed by atoms with Crippen molar-refractivity contribution >= 4 is 11.9 Å². The van der Waals surface area contributed by atoms with Crippen molar-refractivity contribution in [1.29, 1.82) is 0 Å². The second-order valence-corrected chi connectivity index (χ2v) is 6.94. The fourth-order valence-electron chi connectivity index (χ4n) is 3.14. The van der Waals surface area contributed by atoms with Crippen molar-refractivity contribution in [2.75, 3.05) is 51.3 Å². The lowest BCUT2D eigenvalue weighted by Gasteiger charge is -2.26. The van der Waals surface area contributed by atoms with Gasteiger partial charge in [0.05, 0.1) is 13.2 Å². The SMILES string of the molecule is Cc1cc(C(=O)NCCCc2ccccc2)nc(NCCN2CCOCC2)n1. The van der Waals surface area contributed by atoms with Crippen molar-refractivity contribution in [3.05, 3.63) is 53.3 Å². The van der Waals surface area contributed by atoms with Crippen LogP contribution in [0.25, 0.3) is 0 Å². The molecule has 0 atom stereocenters. The molecule has 150 valence electrons. The lowest BCUT2D eigenvalue weighted by atomic mass is 10.1. The average molecular weight is 383 g/mol. The summed E-state index contributed by atoms with van der Waals surface area (Å²) in [6.07, 6.45) is 1.84. The van der Waals surface area contributed by atoms with Crippen LogP contribution in [0.15, 0.2) is 36.4 Å². The molecule has 1 aromatic heterocycles. The molecule has 1 aliphatic rings. The molecule has 0 aliphatic carbocycles. The minimum absolute atomic E-state index is 0.158. The minimum Gasteiger partial charge on any atom is -0.379 e. The molecule has 0 spiro atoms. The van der Waals surface area contributed by atoms with Gasteiger partial charge in [-0.2, -0.15) is 0 Å². The quantitative estimate of drug-likeness (QED) is 0.644. The lowest BCUT2D eigenvalue weighted by Crippen LogP contribution is -2.39. The van der Waals surface area contributed by atoms with Gasteiger partial charge in [-0.05, 0) is 31.4 Å². The number of hydrogen-bond acceptors (Lipinski definition) is 6. The van der Waals surface area contributed by atoms with E-state index in [9.17, 15) is 4.79 Å². The Morgan fingerprint density at radius 2 is 1.93 bits per heavy atom. The van der Waals surface area contributed by atoms with Crippen molar-refractivity contribution < 1.29 is 9.53 Å². The molecule has 0 radical (unpaired) electrons. The Balaban J connectivity index is 1.44. The van der Waals surface area contributed by atoms with Crippen molar-refractivity contribution in [2.45, 2.75) is 19.8 Å². The van der Waals surface area contributed by atoms with Gasteiger partial charge in [0.1, 0.15) is 5.69 Å². The van der Waals surface area contributed by atoms with Crippen molar-refractivity contribution in [1.82, 2.24) is 20.2 Å². The highest BCUT2D eigenvalue weighted by Gasteiger charge is 2.12. The van der Waals surface area contributed by atoms with Crippen LogP contribution in [-0.4, -0.2) is 66.7 Å². The highest BCUT2D eigenvalue weighted by molar-refractivity contribution is 5.92. The molecule has 0 saturated carbocycles. The third kappa shape index (κ3) is 6.58. The Morgan fingerprint density at radius 1 is 1.14 bits per heavy atom. The van der Waals surface area contributed by atoms with Crippen LogP contribution in [-0.2, 0) is 11.2 Å². The zero-order valence-corrected chi connectivity index (χ0v) is 16.5. The van der Waals surface area contributed by atoms with E-state index >= 15 is 0 Å². The Hall–Kier alpha value is -2.51. The van der Waals surface area contributed by atoms with E-state index in [4.69, 9.17) is 4.74 Å². The number of nitrogens with zero attached hydrogens (tertiary/aromatic N) is 3. The van der Waals surface area contributed by atoms with Crippen LogP contribution < -0.4 is 10.6 Å². The summed E-state index contributed by atoms with van der Waals surface area (Å²) in [5, 5.41) is 6.18. The van der Waals surface area contributed by atoms with Crippen LogP contribution in [0.2, 0.25) is 0 Å². The van der Waals surface area contributed by atoms with Gasteiger partial charge in [-0.15, -0.1) is 0 Å². The number of rotatable bonds is 9. The molecule has 7 heteroatoms. The third-order valence-electron chi connectivity index (χ3n) is 4.67. The largest absolute Gasteiger partial charge is 0.379 e. The topological polar surface area (TPSA) is 79.4 Å². The first-order valence-corrected chi connectivity index (χ1v) is 9.92. The number of nitrogens with one attached hydrogen (secondary N) is 2. The van der Waals surface area contributed by atoms with Crippen LogP contribution >= 0.6 is 0 Å². The first-order valence-electron chi connectivity index (χ1n) is 9.92. The molecule has 2 N–H and O–H groups in total. The monoisotopic (exact) mass is 383 g/mol. The van der Waals surface area contributed by atoms with Crippen LogP contribution in [0, 0.1) is 6.92 Å². The van der Waals surface area contributed by atoms with Crippen molar-refractivity contribution in [3.8, 4) is 0 Å². The van der Waals surface area contributed by atoms with E-state index in [2.05, 4.69) is 37.6 Å². The summed E-state index contributed by atoms with van der Waals surface area (Å²) in [5.74, 6) is 0.345. The second-order valence-electron chi connectivity index (χ2n) is 6.94. The molecule has 1 aromatic carbocycles. The van der Waals surface area contributed by atoms with Crippen LogP contribution in [0.1, 0.15) is 28.2 Å². The Morgan fingerprint density at radius 3 is 2.71 bits per heavy atom. The summed E-state index contributed by atoms with van der Waals surface area (Å²) in [4.78, 5) is 23.5. The molecule has 1 fully saturated rings. The molecule has 1 amide bonds. The van der Waals surface area contributed by atoms with E-state index in [1.807, 2.05) is 25.1 Å². The van der Waals surface area contributed by atoms with Gasteiger partial charge in [-0.25, -0.2) is 9.97 Å². The van der Waals surface area contributed by atoms with E-state index in [1.165, 1.54) is 5.56 Å². The number of morpholine rings is 1. The number of ether oxygens (including phenoxy) is 1. The summed E-state index contributed by atoms with van der Waals surface area (Å²) in [5.41, 5.74) is 2.46. The van der Waals surface area contributed by atoms with Crippen molar-refractivity contribution in [2.24, 2.45) is 0 Å². The van der Waals surface area contributed by atoms with E-state index < -0.39 is 0 Å². The molecule has 2 aromatic rings. The van der Waals surface area contributed by atoms with E-state index in [0.717, 1.165) is 57.9 Å². The molecule has 7 nitrogen and oxygen atoms in total. The molecular weight excluding hydrogens is 354 g/mol. The van der Waals surface area contributed by atoms with Gasteiger partial charge in [0, 0.05) is 38.4 Å². The summed E-state index contributed by atoms with van der Waals surface area (Å²) in [6.45, 7) is 7.62. The maximum atomic E-state index is 12.4. The Labute approximate surface area is 166 Å². The predicted octanol–water partition coefficient (Wildman–Crippen LogP) is 1.89. The third-order valence-corrected chi connectivity index (χ3v) is 4.67. The molecule has 0 unspecified atom stereocenters. The van der Waals surface area contributed by atoms with E-state index in [1.54, 1.807) is 6.07 Å². The number of carbonyl (C=O) groups is 1. The average Bonchev–Trinajstić information content (AvgIpc) is 2.72. The number of anilines is 1. The first kappa shape index (κ1) is 20.2. The van der Waals surface area contributed by atoms with Gasteiger partial charge < -0.3 is 15.4 Å². The maximum absolute atomic E-state index is 12.4. The minimum atomic E-state index is -0.158. The molecule has 1 saturated heterocycles. The zero-order valence-electron chi connectivity index (χ0n) is 16.5. The second kappa shape index (κ2) is 10.7. The first-order chi connectivity index (χ1) is 13.7. The standard InChI is InChI=1S/C21H29N5O2/c1-17-16-19(20(27)22-9-5-8-18-6-3-2-4-7-18)25-21(24-17)23-10-11-26-12-14-28-15-13-26/h2-4,6-7,16H,5,8-15H2,1H3,(H,22,27)(H,23,24,25). The van der Waals surface area contributed by atoms with Crippen LogP contribution in [0.5, 0.6) is 0 Å². The maximum Gasteiger partial charge on any atom is 0.270 e. The Bertz CT molecular complexity index is 748. The van der Waals surface area contributed by atoms with Crippen molar-refractivity contribution in [3.63, 3.8) is 0 Å². The number of amides is 1. The predicted molar refractivity (Wildman–Crippen MR) is 110 cm³/mol. The summed E-state index contributed by atoms with van der Waals surface area (Å²) < 4.78 is 5.36. The van der Waals surface area contributed by atoms with Gasteiger partial charge in [0.15, 0.2) is 0 Å². The molecular formula is C21H29N5O2. The fraction of sp³-hybridized carbons (Fsp3) is 0.476. The van der Waals surface area contributed by atoms with Crippen LogP contribution in [0.4, 0.5) is 5.95 Å².